The monoisotopic (exact) mass is 346 g/mol. The van der Waals surface area contributed by atoms with Crippen molar-refractivity contribution in [3.05, 3.63) is 62.9 Å². The first-order valence-corrected chi connectivity index (χ1v) is 7.02. The second kappa shape index (κ2) is 5.53. The number of para-hydroxylation sites is 1. The number of imidazole rings is 1. The first-order valence-electron chi connectivity index (χ1n) is 6.23. The number of aromatic nitrogens is 3. The molecule has 2 heterocycles. The molecule has 3 aromatic rings. The SMILES string of the molecule is O=C(NCc1ncc[nH]1)c1cc(=O)[nH]c2c(Br)cccc12. The maximum absolute atomic E-state index is 12.3. The summed E-state index contributed by atoms with van der Waals surface area (Å²) in [7, 11) is 0. The van der Waals surface area contributed by atoms with Gasteiger partial charge in [0.2, 0.25) is 5.56 Å². The van der Waals surface area contributed by atoms with Crippen molar-refractivity contribution in [2.45, 2.75) is 6.54 Å². The third kappa shape index (κ3) is 2.73. The van der Waals surface area contributed by atoms with Crippen LogP contribution in [-0.2, 0) is 6.54 Å². The Morgan fingerprint density at radius 2 is 2.24 bits per heavy atom. The highest BCUT2D eigenvalue weighted by Crippen LogP contribution is 2.23. The number of aromatic amines is 2. The highest BCUT2D eigenvalue weighted by atomic mass is 79.9. The molecule has 0 saturated carbocycles. The molecule has 0 atom stereocenters. The number of carbonyl (C=O) groups excluding carboxylic acids is 1. The predicted molar refractivity (Wildman–Crippen MR) is 82.0 cm³/mol. The predicted octanol–water partition coefficient (Wildman–Crippen LogP) is 1.94. The Balaban J connectivity index is 1.97. The van der Waals surface area contributed by atoms with Crippen molar-refractivity contribution in [2.75, 3.05) is 0 Å². The zero-order valence-corrected chi connectivity index (χ0v) is 12.4. The number of pyridine rings is 1. The van der Waals surface area contributed by atoms with Gasteiger partial charge in [0.25, 0.3) is 5.91 Å². The molecule has 106 valence electrons. The Labute approximate surface area is 127 Å². The third-order valence-corrected chi connectivity index (χ3v) is 3.70. The molecule has 2 aromatic heterocycles. The van der Waals surface area contributed by atoms with Crippen LogP contribution in [0.1, 0.15) is 16.2 Å². The van der Waals surface area contributed by atoms with Gasteiger partial charge < -0.3 is 15.3 Å². The van der Waals surface area contributed by atoms with Crippen molar-refractivity contribution in [3.8, 4) is 0 Å². The van der Waals surface area contributed by atoms with Crippen LogP contribution < -0.4 is 10.9 Å². The van der Waals surface area contributed by atoms with E-state index in [1.165, 1.54) is 6.07 Å². The fourth-order valence-electron chi connectivity index (χ4n) is 2.09. The molecule has 0 radical (unpaired) electrons. The van der Waals surface area contributed by atoms with Gasteiger partial charge in [-0.25, -0.2) is 4.98 Å². The standard InChI is InChI=1S/C14H11BrN4O2/c15-10-3-1-2-8-9(6-12(20)19-13(8)10)14(21)18-7-11-16-4-5-17-11/h1-6H,7H2,(H,16,17)(H,18,21)(H,19,20). The average Bonchev–Trinajstić information content (AvgIpc) is 2.98. The summed E-state index contributed by atoms with van der Waals surface area (Å²) in [5, 5.41) is 3.42. The van der Waals surface area contributed by atoms with Crippen LogP contribution in [0.3, 0.4) is 0 Å². The topological polar surface area (TPSA) is 90.6 Å². The molecule has 1 aromatic carbocycles. The minimum Gasteiger partial charge on any atom is -0.347 e. The van der Waals surface area contributed by atoms with Crippen LogP contribution in [0.25, 0.3) is 10.9 Å². The van der Waals surface area contributed by atoms with Crippen LogP contribution in [0.4, 0.5) is 0 Å². The lowest BCUT2D eigenvalue weighted by atomic mass is 10.1. The zero-order chi connectivity index (χ0) is 14.8. The second-order valence-electron chi connectivity index (χ2n) is 4.43. The van der Waals surface area contributed by atoms with Crippen molar-refractivity contribution < 1.29 is 4.79 Å². The Hall–Kier alpha value is -2.41. The fourth-order valence-corrected chi connectivity index (χ4v) is 2.55. The van der Waals surface area contributed by atoms with Crippen LogP contribution in [0.15, 0.2) is 45.9 Å². The first-order chi connectivity index (χ1) is 10.1. The summed E-state index contributed by atoms with van der Waals surface area (Å²) in [6.07, 6.45) is 3.29. The molecule has 0 aliphatic carbocycles. The van der Waals surface area contributed by atoms with Crippen LogP contribution in [-0.4, -0.2) is 20.9 Å². The number of fused-ring (bicyclic) bond motifs is 1. The number of hydrogen-bond donors (Lipinski definition) is 3. The molecule has 0 bridgehead atoms. The van der Waals surface area contributed by atoms with Crippen molar-refractivity contribution in [1.82, 2.24) is 20.3 Å². The molecule has 7 heteroatoms. The van der Waals surface area contributed by atoms with Crippen molar-refractivity contribution >= 4 is 32.7 Å². The summed E-state index contributed by atoms with van der Waals surface area (Å²) in [5.41, 5.74) is 0.618. The summed E-state index contributed by atoms with van der Waals surface area (Å²) in [4.78, 5) is 33.7. The second-order valence-corrected chi connectivity index (χ2v) is 5.28. The number of H-pyrrole nitrogens is 2. The minimum absolute atomic E-state index is 0.272. The van der Waals surface area contributed by atoms with E-state index in [1.54, 1.807) is 18.5 Å². The Kier molecular flexibility index (Phi) is 3.57. The fraction of sp³-hybridized carbons (Fsp3) is 0.0714. The van der Waals surface area contributed by atoms with Gasteiger partial charge in [-0.3, -0.25) is 9.59 Å². The van der Waals surface area contributed by atoms with E-state index in [9.17, 15) is 9.59 Å². The molecular weight excluding hydrogens is 336 g/mol. The van der Waals surface area contributed by atoms with E-state index >= 15 is 0 Å². The summed E-state index contributed by atoms with van der Waals surface area (Å²) < 4.78 is 0.734. The maximum Gasteiger partial charge on any atom is 0.252 e. The maximum atomic E-state index is 12.3. The van der Waals surface area contributed by atoms with E-state index in [1.807, 2.05) is 12.1 Å². The molecule has 1 amide bonds. The van der Waals surface area contributed by atoms with Gasteiger partial charge in [-0.2, -0.15) is 0 Å². The largest absolute Gasteiger partial charge is 0.347 e. The van der Waals surface area contributed by atoms with Gasteiger partial charge >= 0.3 is 0 Å². The van der Waals surface area contributed by atoms with Crippen LogP contribution in [0, 0.1) is 0 Å². The lowest BCUT2D eigenvalue weighted by Crippen LogP contribution is -2.25. The van der Waals surface area contributed by atoms with Gasteiger partial charge in [0.1, 0.15) is 5.82 Å². The average molecular weight is 347 g/mol. The van der Waals surface area contributed by atoms with Crippen molar-refractivity contribution in [3.63, 3.8) is 0 Å². The molecule has 0 unspecified atom stereocenters. The number of rotatable bonds is 3. The molecule has 0 saturated heterocycles. The van der Waals surface area contributed by atoms with E-state index in [4.69, 9.17) is 0 Å². The molecular formula is C14H11BrN4O2. The molecule has 3 N–H and O–H groups in total. The number of nitrogens with zero attached hydrogens (tertiary/aromatic N) is 1. The van der Waals surface area contributed by atoms with E-state index in [0.29, 0.717) is 22.3 Å². The van der Waals surface area contributed by atoms with Gasteiger partial charge in [-0.05, 0) is 22.0 Å². The zero-order valence-electron chi connectivity index (χ0n) is 10.8. The minimum atomic E-state index is -0.322. The Morgan fingerprint density at radius 1 is 1.38 bits per heavy atom. The Morgan fingerprint density at radius 3 is 3.00 bits per heavy atom. The van der Waals surface area contributed by atoms with E-state index in [2.05, 4.69) is 36.2 Å². The first kappa shape index (κ1) is 13.6. The summed E-state index contributed by atoms with van der Waals surface area (Å²) in [6.45, 7) is 0.272. The lowest BCUT2D eigenvalue weighted by molar-refractivity contribution is 0.0951. The summed E-state index contributed by atoms with van der Waals surface area (Å²) >= 11 is 3.37. The van der Waals surface area contributed by atoms with Gasteiger partial charge in [0, 0.05) is 28.3 Å². The van der Waals surface area contributed by atoms with Crippen LogP contribution in [0.2, 0.25) is 0 Å². The number of amides is 1. The summed E-state index contributed by atoms with van der Waals surface area (Å²) in [5.74, 6) is 0.333. The summed E-state index contributed by atoms with van der Waals surface area (Å²) in [6, 6.07) is 6.71. The van der Waals surface area contributed by atoms with Gasteiger partial charge in [-0.15, -0.1) is 0 Å². The van der Waals surface area contributed by atoms with Crippen LogP contribution in [0.5, 0.6) is 0 Å². The highest BCUT2D eigenvalue weighted by molar-refractivity contribution is 9.10. The number of halogens is 1. The van der Waals surface area contributed by atoms with Crippen molar-refractivity contribution in [1.29, 1.82) is 0 Å². The third-order valence-electron chi connectivity index (χ3n) is 3.04. The number of carbonyl (C=O) groups is 1. The Bertz CT molecular complexity index is 855. The molecule has 0 spiro atoms. The molecule has 0 aliphatic rings. The molecule has 3 rings (SSSR count). The van der Waals surface area contributed by atoms with Gasteiger partial charge in [-0.1, -0.05) is 12.1 Å². The molecule has 0 fully saturated rings. The lowest BCUT2D eigenvalue weighted by Gasteiger charge is -2.07. The van der Waals surface area contributed by atoms with Crippen LogP contribution >= 0.6 is 15.9 Å². The molecule has 0 aliphatic heterocycles. The normalized spacial score (nSPS) is 10.7. The van der Waals surface area contributed by atoms with E-state index < -0.39 is 0 Å². The number of hydrogen-bond acceptors (Lipinski definition) is 3. The molecule has 21 heavy (non-hydrogen) atoms. The highest BCUT2D eigenvalue weighted by Gasteiger charge is 2.13. The number of benzene rings is 1. The molecule has 6 nitrogen and oxygen atoms in total. The van der Waals surface area contributed by atoms with E-state index in [0.717, 1.165) is 4.47 Å². The van der Waals surface area contributed by atoms with Gasteiger partial charge in [0.05, 0.1) is 17.6 Å². The van der Waals surface area contributed by atoms with Gasteiger partial charge in [0.15, 0.2) is 0 Å². The smallest absolute Gasteiger partial charge is 0.252 e. The van der Waals surface area contributed by atoms with E-state index in [-0.39, 0.29) is 18.0 Å². The number of nitrogens with one attached hydrogen (secondary N) is 3. The quantitative estimate of drug-likeness (QED) is 0.676. The van der Waals surface area contributed by atoms with Crippen molar-refractivity contribution in [2.24, 2.45) is 0 Å².